The van der Waals surface area contributed by atoms with E-state index >= 15 is 0 Å². The highest BCUT2D eigenvalue weighted by molar-refractivity contribution is 9.09. The van der Waals surface area contributed by atoms with E-state index in [-0.39, 0.29) is 22.8 Å². The van der Waals surface area contributed by atoms with Gasteiger partial charge in [-0.2, -0.15) is 0 Å². The maximum atomic E-state index is 12.3. The number of nitrogens with one attached hydrogen (secondary N) is 1. The number of alkyl halides is 1. The minimum atomic E-state index is -0.235. The summed E-state index contributed by atoms with van der Waals surface area (Å²) in [5.41, 5.74) is 0.108. The molecule has 1 aliphatic rings. The highest BCUT2D eigenvalue weighted by atomic mass is 79.9. The molecule has 5 heteroatoms. The number of phenols is 1. The van der Waals surface area contributed by atoms with Gasteiger partial charge in [-0.05, 0) is 25.0 Å². The van der Waals surface area contributed by atoms with E-state index in [9.17, 15) is 9.90 Å². The molecule has 0 aromatic heterocycles. The van der Waals surface area contributed by atoms with E-state index in [2.05, 4.69) is 21.2 Å². The van der Waals surface area contributed by atoms with Crippen LogP contribution in [0, 0.1) is 0 Å². The Morgan fingerprint density at radius 1 is 1.47 bits per heavy atom. The Kier molecular flexibility index (Phi) is 4.34. The van der Waals surface area contributed by atoms with Crippen LogP contribution in [0.3, 0.4) is 0 Å². The molecule has 1 aliphatic carbocycles. The molecule has 104 valence electrons. The lowest BCUT2D eigenvalue weighted by molar-refractivity contribution is 0.0907. The predicted molar refractivity (Wildman–Crippen MR) is 77.1 cm³/mol. The molecule has 0 unspecified atom stereocenters. The Morgan fingerprint density at radius 2 is 2.16 bits per heavy atom. The van der Waals surface area contributed by atoms with Crippen LogP contribution in [0.15, 0.2) is 18.2 Å². The first-order chi connectivity index (χ1) is 9.10. The van der Waals surface area contributed by atoms with Gasteiger partial charge in [0.25, 0.3) is 5.91 Å². The smallest absolute Gasteiger partial charge is 0.255 e. The summed E-state index contributed by atoms with van der Waals surface area (Å²) < 4.78 is 5.00. The molecule has 0 bridgehead atoms. The standard InChI is InChI=1S/C14H18BrNO3/c1-19-10-4-5-11(12(17)8-10)13(18)16-14(9-15)6-2-3-7-14/h4-5,8,17H,2-3,6-7,9H2,1H3,(H,16,18). The molecule has 1 aromatic rings. The zero-order valence-corrected chi connectivity index (χ0v) is 12.5. The highest BCUT2D eigenvalue weighted by Gasteiger charge is 2.34. The molecule has 0 heterocycles. The number of methoxy groups -OCH3 is 1. The molecule has 1 saturated carbocycles. The Hall–Kier alpha value is -1.23. The quantitative estimate of drug-likeness (QED) is 0.836. The summed E-state index contributed by atoms with van der Waals surface area (Å²) in [7, 11) is 1.52. The molecular formula is C14H18BrNO3. The van der Waals surface area contributed by atoms with Crippen molar-refractivity contribution in [3.8, 4) is 11.5 Å². The first-order valence-corrected chi connectivity index (χ1v) is 7.48. The molecule has 4 nitrogen and oxygen atoms in total. The second kappa shape index (κ2) is 5.82. The largest absolute Gasteiger partial charge is 0.507 e. The molecule has 1 fully saturated rings. The van der Waals surface area contributed by atoms with Crippen LogP contribution in [-0.4, -0.2) is 29.0 Å². The second-order valence-corrected chi connectivity index (χ2v) is 5.52. The van der Waals surface area contributed by atoms with E-state index in [1.807, 2.05) is 0 Å². The van der Waals surface area contributed by atoms with Crippen molar-refractivity contribution in [3.63, 3.8) is 0 Å². The lowest BCUT2D eigenvalue weighted by Crippen LogP contribution is -2.47. The maximum absolute atomic E-state index is 12.3. The lowest BCUT2D eigenvalue weighted by Gasteiger charge is -2.28. The summed E-state index contributed by atoms with van der Waals surface area (Å²) in [6, 6.07) is 4.70. The third-order valence-electron chi connectivity index (χ3n) is 3.64. The zero-order valence-electron chi connectivity index (χ0n) is 10.9. The molecule has 1 aromatic carbocycles. The van der Waals surface area contributed by atoms with Gasteiger partial charge in [-0.15, -0.1) is 0 Å². The first kappa shape index (κ1) is 14.2. The Bertz CT molecular complexity index is 470. The summed E-state index contributed by atoms with van der Waals surface area (Å²) in [6.45, 7) is 0. The van der Waals surface area contributed by atoms with Crippen molar-refractivity contribution in [2.24, 2.45) is 0 Å². The number of carbonyl (C=O) groups excluding carboxylic acids is 1. The summed E-state index contributed by atoms with van der Waals surface area (Å²) in [4.78, 5) is 12.3. The topological polar surface area (TPSA) is 58.6 Å². The van der Waals surface area contributed by atoms with Crippen LogP contribution in [-0.2, 0) is 0 Å². The molecule has 2 N–H and O–H groups in total. The van der Waals surface area contributed by atoms with Gasteiger partial charge in [0.05, 0.1) is 18.2 Å². The fraction of sp³-hybridized carbons (Fsp3) is 0.500. The highest BCUT2D eigenvalue weighted by Crippen LogP contribution is 2.32. The Morgan fingerprint density at radius 3 is 2.68 bits per heavy atom. The molecular weight excluding hydrogens is 310 g/mol. The van der Waals surface area contributed by atoms with Crippen molar-refractivity contribution in [1.29, 1.82) is 0 Å². The van der Waals surface area contributed by atoms with Gasteiger partial charge in [-0.25, -0.2) is 0 Å². The fourth-order valence-electron chi connectivity index (χ4n) is 2.48. The normalized spacial score (nSPS) is 17.2. The van der Waals surface area contributed by atoms with Crippen molar-refractivity contribution >= 4 is 21.8 Å². The number of aromatic hydroxyl groups is 1. The minimum Gasteiger partial charge on any atom is -0.507 e. The van der Waals surface area contributed by atoms with Crippen LogP contribution >= 0.6 is 15.9 Å². The van der Waals surface area contributed by atoms with E-state index in [1.165, 1.54) is 13.2 Å². The van der Waals surface area contributed by atoms with Crippen molar-refractivity contribution in [2.45, 2.75) is 31.2 Å². The van der Waals surface area contributed by atoms with Crippen LogP contribution in [0.2, 0.25) is 0 Å². The predicted octanol–water partition coefficient (Wildman–Crippen LogP) is 2.84. The van der Waals surface area contributed by atoms with Crippen molar-refractivity contribution in [2.75, 3.05) is 12.4 Å². The number of halogens is 1. The number of benzene rings is 1. The number of hydrogen-bond donors (Lipinski definition) is 2. The third-order valence-corrected chi connectivity index (χ3v) is 4.72. The third kappa shape index (κ3) is 3.03. The molecule has 19 heavy (non-hydrogen) atoms. The first-order valence-electron chi connectivity index (χ1n) is 6.36. The summed E-state index contributed by atoms with van der Waals surface area (Å²) in [5.74, 6) is 0.242. The molecule has 0 saturated heterocycles. The van der Waals surface area contributed by atoms with E-state index in [0.717, 1.165) is 31.0 Å². The lowest BCUT2D eigenvalue weighted by atomic mass is 9.99. The van der Waals surface area contributed by atoms with E-state index in [1.54, 1.807) is 12.1 Å². The van der Waals surface area contributed by atoms with Gasteiger partial charge in [0, 0.05) is 11.4 Å². The van der Waals surface area contributed by atoms with E-state index in [0.29, 0.717) is 5.75 Å². The van der Waals surface area contributed by atoms with Gasteiger partial charge in [0.1, 0.15) is 11.5 Å². The molecule has 0 atom stereocenters. The van der Waals surface area contributed by atoms with E-state index < -0.39 is 0 Å². The Labute approximate surface area is 121 Å². The summed E-state index contributed by atoms with van der Waals surface area (Å²) in [5, 5.41) is 13.7. The van der Waals surface area contributed by atoms with Crippen LogP contribution in [0.5, 0.6) is 11.5 Å². The average molecular weight is 328 g/mol. The van der Waals surface area contributed by atoms with Gasteiger partial charge >= 0.3 is 0 Å². The molecule has 0 radical (unpaired) electrons. The van der Waals surface area contributed by atoms with Gasteiger partial charge in [-0.3, -0.25) is 4.79 Å². The van der Waals surface area contributed by atoms with Gasteiger partial charge in [0.15, 0.2) is 0 Å². The minimum absolute atomic E-state index is 0.0560. The van der Waals surface area contributed by atoms with Crippen molar-refractivity contribution in [3.05, 3.63) is 23.8 Å². The Balaban J connectivity index is 2.15. The summed E-state index contributed by atoms with van der Waals surface area (Å²) >= 11 is 3.48. The number of rotatable bonds is 4. The molecule has 1 amide bonds. The van der Waals surface area contributed by atoms with Crippen molar-refractivity contribution < 1.29 is 14.6 Å². The van der Waals surface area contributed by atoms with Crippen LogP contribution in [0.4, 0.5) is 0 Å². The summed E-state index contributed by atoms with van der Waals surface area (Å²) in [6.07, 6.45) is 4.20. The molecule has 0 spiro atoms. The molecule has 2 rings (SSSR count). The maximum Gasteiger partial charge on any atom is 0.255 e. The zero-order chi connectivity index (χ0) is 13.9. The van der Waals surface area contributed by atoms with Crippen molar-refractivity contribution in [1.82, 2.24) is 5.32 Å². The van der Waals surface area contributed by atoms with Gasteiger partial charge in [0.2, 0.25) is 0 Å². The van der Waals surface area contributed by atoms with Crippen LogP contribution in [0.25, 0.3) is 0 Å². The number of amides is 1. The van der Waals surface area contributed by atoms with E-state index in [4.69, 9.17) is 4.74 Å². The molecule has 0 aliphatic heterocycles. The number of phenolic OH excluding ortho intramolecular Hbond substituents is 1. The number of carbonyl (C=O) groups is 1. The average Bonchev–Trinajstić information content (AvgIpc) is 2.87. The van der Waals surface area contributed by atoms with Gasteiger partial charge in [-0.1, -0.05) is 28.8 Å². The fourth-order valence-corrected chi connectivity index (χ4v) is 3.18. The van der Waals surface area contributed by atoms with Crippen LogP contribution < -0.4 is 10.1 Å². The van der Waals surface area contributed by atoms with Gasteiger partial charge < -0.3 is 15.2 Å². The number of ether oxygens (including phenoxy) is 1. The SMILES string of the molecule is COc1ccc(C(=O)NC2(CBr)CCCC2)c(O)c1. The van der Waals surface area contributed by atoms with Crippen LogP contribution in [0.1, 0.15) is 36.0 Å². The number of hydrogen-bond acceptors (Lipinski definition) is 3. The monoisotopic (exact) mass is 327 g/mol. The second-order valence-electron chi connectivity index (χ2n) is 4.96.